The van der Waals surface area contributed by atoms with Crippen LogP contribution in [0.15, 0.2) is 54.6 Å². The van der Waals surface area contributed by atoms with E-state index in [0.29, 0.717) is 17.2 Å². The molecule has 6 heteroatoms. The third-order valence-corrected chi connectivity index (χ3v) is 3.04. The number of methoxy groups -OCH3 is 1. The van der Waals surface area contributed by atoms with Gasteiger partial charge in [-0.3, -0.25) is 0 Å². The SMILES string of the molecule is COc1ccccc1NC(=O)NCC(O)COc1ccccc1. The second kappa shape index (κ2) is 8.65. The third kappa shape index (κ3) is 5.52. The molecule has 0 radical (unpaired) electrons. The van der Waals surface area contributed by atoms with Crippen LogP contribution in [0.25, 0.3) is 0 Å². The number of amides is 2. The number of benzene rings is 2. The molecule has 0 saturated heterocycles. The normalized spacial score (nSPS) is 11.4. The molecule has 2 aromatic carbocycles. The number of aliphatic hydroxyl groups is 1. The lowest BCUT2D eigenvalue weighted by molar-refractivity contribution is 0.108. The molecule has 2 aromatic rings. The number of nitrogens with one attached hydrogen (secondary N) is 2. The minimum absolute atomic E-state index is 0.0772. The molecule has 0 aromatic heterocycles. The van der Waals surface area contributed by atoms with Crippen molar-refractivity contribution in [2.45, 2.75) is 6.10 Å². The average molecular weight is 316 g/mol. The standard InChI is InChI=1S/C17H20N2O4/c1-22-16-10-6-5-9-15(16)19-17(21)18-11-13(20)12-23-14-7-3-2-4-8-14/h2-10,13,20H,11-12H2,1H3,(H2,18,19,21). The molecule has 0 aliphatic heterocycles. The van der Waals surface area contributed by atoms with Gasteiger partial charge in [-0.1, -0.05) is 30.3 Å². The second-order valence-electron chi connectivity index (χ2n) is 4.81. The zero-order chi connectivity index (χ0) is 16.5. The molecule has 0 aliphatic carbocycles. The number of aliphatic hydroxyl groups excluding tert-OH is 1. The fourth-order valence-corrected chi connectivity index (χ4v) is 1.89. The summed E-state index contributed by atoms with van der Waals surface area (Å²) in [5.74, 6) is 1.24. The van der Waals surface area contributed by atoms with E-state index in [1.54, 1.807) is 30.3 Å². The van der Waals surface area contributed by atoms with E-state index in [0.717, 1.165) is 0 Å². The number of carbonyl (C=O) groups excluding carboxylic acids is 1. The van der Waals surface area contributed by atoms with Gasteiger partial charge in [0, 0.05) is 6.54 Å². The van der Waals surface area contributed by atoms with E-state index in [9.17, 15) is 9.90 Å². The van der Waals surface area contributed by atoms with E-state index in [-0.39, 0.29) is 13.2 Å². The van der Waals surface area contributed by atoms with E-state index in [1.165, 1.54) is 7.11 Å². The summed E-state index contributed by atoms with van der Waals surface area (Å²) < 4.78 is 10.6. The molecular weight excluding hydrogens is 296 g/mol. The van der Waals surface area contributed by atoms with Gasteiger partial charge in [-0.05, 0) is 24.3 Å². The molecule has 3 N–H and O–H groups in total. The van der Waals surface area contributed by atoms with Crippen molar-refractivity contribution in [3.05, 3.63) is 54.6 Å². The van der Waals surface area contributed by atoms with Crippen molar-refractivity contribution in [2.24, 2.45) is 0 Å². The first-order valence-corrected chi connectivity index (χ1v) is 7.23. The molecule has 122 valence electrons. The van der Waals surface area contributed by atoms with Crippen molar-refractivity contribution >= 4 is 11.7 Å². The molecule has 2 rings (SSSR count). The highest BCUT2D eigenvalue weighted by molar-refractivity contribution is 5.90. The van der Waals surface area contributed by atoms with Crippen LogP contribution in [-0.4, -0.2) is 37.5 Å². The van der Waals surface area contributed by atoms with Gasteiger partial charge in [-0.25, -0.2) is 4.79 Å². The smallest absolute Gasteiger partial charge is 0.319 e. The molecule has 0 bridgehead atoms. The van der Waals surface area contributed by atoms with Gasteiger partial charge in [0.15, 0.2) is 0 Å². The van der Waals surface area contributed by atoms with Crippen molar-refractivity contribution < 1.29 is 19.4 Å². The average Bonchev–Trinajstić information content (AvgIpc) is 2.59. The Morgan fingerprint density at radius 3 is 2.57 bits per heavy atom. The number of ether oxygens (including phenoxy) is 2. The van der Waals surface area contributed by atoms with Crippen LogP contribution >= 0.6 is 0 Å². The molecular formula is C17H20N2O4. The van der Waals surface area contributed by atoms with Gasteiger partial charge in [0.05, 0.1) is 12.8 Å². The number of para-hydroxylation sites is 3. The monoisotopic (exact) mass is 316 g/mol. The summed E-state index contributed by atoms with van der Waals surface area (Å²) in [4.78, 5) is 11.8. The lowest BCUT2D eigenvalue weighted by atomic mass is 10.3. The van der Waals surface area contributed by atoms with Crippen LogP contribution in [-0.2, 0) is 0 Å². The summed E-state index contributed by atoms with van der Waals surface area (Å²) >= 11 is 0. The first-order chi connectivity index (χ1) is 11.2. The Morgan fingerprint density at radius 2 is 1.83 bits per heavy atom. The number of hydrogen-bond acceptors (Lipinski definition) is 4. The third-order valence-electron chi connectivity index (χ3n) is 3.04. The zero-order valence-electron chi connectivity index (χ0n) is 12.9. The van der Waals surface area contributed by atoms with Gasteiger partial charge < -0.3 is 25.2 Å². The number of hydrogen-bond donors (Lipinski definition) is 3. The van der Waals surface area contributed by atoms with Gasteiger partial charge >= 0.3 is 6.03 Å². The summed E-state index contributed by atoms with van der Waals surface area (Å²) in [5, 5.41) is 15.1. The van der Waals surface area contributed by atoms with Crippen molar-refractivity contribution in [1.29, 1.82) is 0 Å². The molecule has 23 heavy (non-hydrogen) atoms. The number of urea groups is 1. The van der Waals surface area contributed by atoms with Crippen molar-refractivity contribution in [3.63, 3.8) is 0 Å². The minimum Gasteiger partial charge on any atom is -0.495 e. The molecule has 2 amide bonds. The van der Waals surface area contributed by atoms with Crippen LogP contribution in [0.2, 0.25) is 0 Å². The number of rotatable bonds is 7. The Hall–Kier alpha value is -2.73. The molecule has 0 spiro atoms. The molecule has 0 saturated carbocycles. The summed E-state index contributed by atoms with van der Waals surface area (Å²) in [6.07, 6.45) is -0.807. The van der Waals surface area contributed by atoms with E-state index in [1.807, 2.05) is 24.3 Å². The Labute approximate surface area is 135 Å². The van der Waals surface area contributed by atoms with Crippen LogP contribution in [0.3, 0.4) is 0 Å². The highest BCUT2D eigenvalue weighted by atomic mass is 16.5. The van der Waals surface area contributed by atoms with Crippen LogP contribution < -0.4 is 20.1 Å². The maximum atomic E-state index is 11.8. The minimum atomic E-state index is -0.807. The quantitative estimate of drug-likeness (QED) is 0.732. The maximum Gasteiger partial charge on any atom is 0.319 e. The fraction of sp³-hybridized carbons (Fsp3) is 0.235. The van der Waals surface area contributed by atoms with Gasteiger partial charge in [0.25, 0.3) is 0 Å². The van der Waals surface area contributed by atoms with Crippen LogP contribution in [0.1, 0.15) is 0 Å². The predicted molar refractivity (Wildman–Crippen MR) is 88.0 cm³/mol. The lowest BCUT2D eigenvalue weighted by Crippen LogP contribution is -2.37. The van der Waals surface area contributed by atoms with E-state index in [4.69, 9.17) is 9.47 Å². The van der Waals surface area contributed by atoms with Crippen molar-refractivity contribution in [3.8, 4) is 11.5 Å². The maximum absolute atomic E-state index is 11.8. The summed E-state index contributed by atoms with van der Waals surface area (Å²) in [6.45, 7) is 0.173. The summed E-state index contributed by atoms with van der Waals surface area (Å²) in [5.41, 5.74) is 0.558. The van der Waals surface area contributed by atoms with Gasteiger partial charge in [0.1, 0.15) is 24.2 Å². The molecule has 0 fully saturated rings. The summed E-state index contributed by atoms with van der Waals surface area (Å²) in [7, 11) is 1.53. The van der Waals surface area contributed by atoms with E-state index in [2.05, 4.69) is 10.6 Å². The molecule has 0 heterocycles. The van der Waals surface area contributed by atoms with Crippen molar-refractivity contribution in [1.82, 2.24) is 5.32 Å². The molecule has 0 aliphatic rings. The largest absolute Gasteiger partial charge is 0.495 e. The Morgan fingerprint density at radius 1 is 1.13 bits per heavy atom. The number of anilines is 1. The first-order valence-electron chi connectivity index (χ1n) is 7.23. The fourth-order valence-electron chi connectivity index (χ4n) is 1.89. The summed E-state index contributed by atoms with van der Waals surface area (Å²) in [6, 6.07) is 15.8. The molecule has 1 atom stereocenters. The van der Waals surface area contributed by atoms with Gasteiger partial charge in [-0.2, -0.15) is 0 Å². The van der Waals surface area contributed by atoms with Gasteiger partial charge in [-0.15, -0.1) is 0 Å². The first kappa shape index (κ1) is 16.6. The second-order valence-corrected chi connectivity index (χ2v) is 4.81. The van der Waals surface area contributed by atoms with Crippen LogP contribution in [0.5, 0.6) is 11.5 Å². The highest BCUT2D eigenvalue weighted by Gasteiger charge is 2.10. The van der Waals surface area contributed by atoms with E-state index < -0.39 is 12.1 Å². The molecule has 6 nitrogen and oxygen atoms in total. The lowest BCUT2D eigenvalue weighted by Gasteiger charge is -2.14. The van der Waals surface area contributed by atoms with E-state index >= 15 is 0 Å². The molecule has 1 unspecified atom stereocenters. The highest BCUT2D eigenvalue weighted by Crippen LogP contribution is 2.22. The number of carbonyl (C=O) groups is 1. The topological polar surface area (TPSA) is 79.8 Å². The predicted octanol–water partition coefficient (Wildman–Crippen LogP) is 2.26. The van der Waals surface area contributed by atoms with Crippen LogP contribution in [0, 0.1) is 0 Å². The zero-order valence-corrected chi connectivity index (χ0v) is 12.9. The Bertz CT molecular complexity index is 619. The Balaban J connectivity index is 1.73. The Kier molecular flexibility index (Phi) is 6.26. The van der Waals surface area contributed by atoms with Crippen molar-refractivity contribution in [2.75, 3.05) is 25.6 Å². The van der Waals surface area contributed by atoms with Gasteiger partial charge in [0.2, 0.25) is 0 Å². The van der Waals surface area contributed by atoms with Crippen LogP contribution in [0.4, 0.5) is 10.5 Å².